The minimum Gasteiger partial charge on any atom is -0.497 e. The summed E-state index contributed by atoms with van der Waals surface area (Å²) >= 11 is 5.28. The summed E-state index contributed by atoms with van der Waals surface area (Å²) in [4.78, 5) is 12.3. The van der Waals surface area contributed by atoms with E-state index in [1.54, 1.807) is 11.7 Å². The number of benzene rings is 1. The first-order valence-corrected chi connectivity index (χ1v) is 9.98. The third-order valence-electron chi connectivity index (χ3n) is 4.44. The first kappa shape index (κ1) is 21.2. The molecule has 1 heterocycles. The first-order chi connectivity index (χ1) is 13.0. The third-order valence-corrected chi connectivity index (χ3v) is 4.75. The van der Waals surface area contributed by atoms with Crippen LogP contribution >= 0.6 is 12.2 Å². The quantitative estimate of drug-likeness (QED) is 0.442. The lowest BCUT2D eigenvalue weighted by Crippen LogP contribution is -2.28. The summed E-state index contributed by atoms with van der Waals surface area (Å²) in [7, 11) is 1.62. The Bertz CT molecular complexity index is 765. The summed E-state index contributed by atoms with van der Waals surface area (Å²) in [6.45, 7) is 5.36. The van der Waals surface area contributed by atoms with Gasteiger partial charge < -0.3 is 10.1 Å². The topological polar surface area (TPSA) is 71.9 Å². The van der Waals surface area contributed by atoms with E-state index < -0.39 is 0 Å². The van der Waals surface area contributed by atoms with E-state index in [1.165, 1.54) is 19.3 Å². The molecule has 2 rings (SSSR count). The predicted molar refractivity (Wildman–Crippen MR) is 110 cm³/mol. The van der Waals surface area contributed by atoms with E-state index in [0.717, 1.165) is 30.1 Å². The number of rotatable bonds is 11. The fourth-order valence-electron chi connectivity index (χ4n) is 2.88. The van der Waals surface area contributed by atoms with Gasteiger partial charge in [-0.3, -0.25) is 14.5 Å². The molecule has 0 aliphatic rings. The highest BCUT2D eigenvalue weighted by Crippen LogP contribution is 2.20. The average Bonchev–Trinajstić information content (AvgIpc) is 3.01. The van der Waals surface area contributed by atoms with Gasteiger partial charge in [-0.05, 0) is 48.8 Å². The van der Waals surface area contributed by atoms with Gasteiger partial charge >= 0.3 is 0 Å². The van der Waals surface area contributed by atoms with Crippen molar-refractivity contribution in [1.82, 2.24) is 20.1 Å². The monoisotopic (exact) mass is 390 g/mol. The highest BCUT2D eigenvalue weighted by molar-refractivity contribution is 7.71. The Kier molecular flexibility index (Phi) is 8.51. The van der Waals surface area contributed by atoms with E-state index >= 15 is 0 Å². The van der Waals surface area contributed by atoms with Crippen LogP contribution in [-0.2, 0) is 11.3 Å². The van der Waals surface area contributed by atoms with Crippen LogP contribution in [0.15, 0.2) is 24.3 Å². The Hall–Kier alpha value is -2.15. The van der Waals surface area contributed by atoms with E-state index in [-0.39, 0.29) is 12.5 Å². The van der Waals surface area contributed by atoms with Crippen LogP contribution in [0.1, 0.15) is 46.0 Å². The molecule has 1 aromatic carbocycles. The third kappa shape index (κ3) is 6.82. The van der Waals surface area contributed by atoms with E-state index in [1.807, 2.05) is 24.3 Å². The van der Waals surface area contributed by atoms with Crippen molar-refractivity contribution in [2.75, 3.05) is 13.7 Å². The lowest BCUT2D eigenvalue weighted by Gasteiger charge is -2.09. The molecular formula is C20H30N4O2S. The van der Waals surface area contributed by atoms with Crippen molar-refractivity contribution >= 4 is 18.1 Å². The van der Waals surface area contributed by atoms with E-state index in [9.17, 15) is 4.79 Å². The number of hydrogen-bond donors (Lipinski definition) is 2. The molecule has 0 unspecified atom stereocenters. The van der Waals surface area contributed by atoms with Gasteiger partial charge in [0.15, 0.2) is 10.6 Å². The molecule has 6 nitrogen and oxygen atoms in total. The second-order valence-corrected chi connectivity index (χ2v) is 7.50. The minimum absolute atomic E-state index is 0.0514. The minimum atomic E-state index is -0.0514. The van der Waals surface area contributed by atoms with Crippen molar-refractivity contribution in [2.24, 2.45) is 5.92 Å². The van der Waals surface area contributed by atoms with Gasteiger partial charge in [0.2, 0.25) is 5.91 Å². The average molecular weight is 391 g/mol. The number of H-pyrrole nitrogens is 1. The summed E-state index contributed by atoms with van der Waals surface area (Å²) in [5, 5.41) is 10.0. The molecule has 27 heavy (non-hydrogen) atoms. The van der Waals surface area contributed by atoms with E-state index in [4.69, 9.17) is 17.0 Å². The summed E-state index contributed by atoms with van der Waals surface area (Å²) < 4.78 is 7.33. The zero-order chi connectivity index (χ0) is 19.6. The highest BCUT2D eigenvalue weighted by atomic mass is 32.1. The summed E-state index contributed by atoms with van der Waals surface area (Å²) in [5.74, 6) is 2.13. The van der Waals surface area contributed by atoms with Gasteiger partial charge in [-0.15, -0.1) is 0 Å². The van der Waals surface area contributed by atoms with Crippen LogP contribution in [0.2, 0.25) is 0 Å². The second kappa shape index (κ2) is 10.9. The molecule has 2 aromatic rings. The number of aromatic nitrogens is 3. The Morgan fingerprint density at radius 3 is 2.59 bits per heavy atom. The molecule has 1 aromatic heterocycles. The Morgan fingerprint density at radius 1 is 1.22 bits per heavy atom. The Morgan fingerprint density at radius 2 is 1.93 bits per heavy atom. The molecule has 0 radical (unpaired) electrons. The molecule has 0 saturated carbocycles. The molecule has 0 bridgehead atoms. The SMILES string of the molecule is COc1ccc(-c2n[nH]c(=S)n2CC(=O)NCCCCCCC(C)C)cc1. The molecule has 0 aliphatic carbocycles. The van der Waals surface area contributed by atoms with Gasteiger partial charge in [-0.25, -0.2) is 0 Å². The molecule has 0 aliphatic heterocycles. The van der Waals surface area contributed by atoms with Crippen molar-refractivity contribution < 1.29 is 9.53 Å². The fourth-order valence-corrected chi connectivity index (χ4v) is 3.08. The standard InChI is InChI=1S/C20H30N4O2S/c1-15(2)8-6-4-5-7-13-21-18(25)14-24-19(22-23-20(24)27)16-9-11-17(26-3)12-10-16/h9-12,15H,4-8,13-14H2,1-3H3,(H,21,25)(H,23,27). The predicted octanol–water partition coefficient (Wildman–Crippen LogP) is 4.34. The zero-order valence-corrected chi connectivity index (χ0v) is 17.3. The van der Waals surface area contributed by atoms with Crippen LogP contribution < -0.4 is 10.1 Å². The number of unbranched alkanes of at least 4 members (excludes halogenated alkanes) is 3. The number of ether oxygens (including phenoxy) is 1. The fraction of sp³-hybridized carbons (Fsp3) is 0.550. The van der Waals surface area contributed by atoms with Crippen LogP contribution in [0, 0.1) is 10.7 Å². The van der Waals surface area contributed by atoms with Crippen LogP contribution in [0.25, 0.3) is 11.4 Å². The smallest absolute Gasteiger partial charge is 0.240 e. The number of nitrogens with zero attached hydrogens (tertiary/aromatic N) is 2. The lowest BCUT2D eigenvalue weighted by atomic mass is 10.0. The highest BCUT2D eigenvalue weighted by Gasteiger charge is 2.12. The van der Waals surface area contributed by atoms with Gasteiger partial charge in [0.25, 0.3) is 0 Å². The van der Waals surface area contributed by atoms with Crippen LogP contribution in [-0.4, -0.2) is 34.3 Å². The van der Waals surface area contributed by atoms with Crippen molar-refractivity contribution in [3.8, 4) is 17.1 Å². The van der Waals surface area contributed by atoms with Crippen molar-refractivity contribution in [2.45, 2.75) is 52.5 Å². The zero-order valence-electron chi connectivity index (χ0n) is 16.5. The molecule has 7 heteroatoms. The molecular weight excluding hydrogens is 360 g/mol. The van der Waals surface area contributed by atoms with E-state index in [2.05, 4.69) is 29.4 Å². The Balaban J connectivity index is 1.83. The largest absolute Gasteiger partial charge is 0.497 e. The van der Waals surface area contributed by atoms with Crippen molar-refractivity contribution in [3.05, 3.63) is 29.0 Å². The molecule has 0 saturated heterocycles. The number of methoxy groups -OCH3 is 1. The van der Waals surface area contributed by atoms with Crippen LogP contribution in [0.3, 0.4) is 0 Å². The van der Waals surface area contributed by atoms with Crippen molar-refractivity contribution in [1.29, 1.82) is 0 Å². The second-order valence-electron chi connectivity index (χ2n) is 7.11. The van der Waals surface area contributed by atoms with Gasteiger partial charge in [0.1, 0.15) is 12.3 Å². The van der Waals surface area contributed by atoms with Gasteiger partial charge in [0.05, 0.1) is 7.11 Å². The molecule has 0 atom stereocenters. The van der Waals surface area contributed by atoms with Gasteiger partial charge in [0, 0.05) is 12.1 Å². The first-order valence-electron chi connectivity index (χ1n) is 9.57. The normalized spacial score (nSPS) is 11.0. The maximum Gasteiger partial charge on any atom is 0.240 e. The van der Waals surface area contributed by atoms with Gasteiger partial charge in [-0.2, -0.15) is 5.10 Å². The molecule has 1 amide bonds. The number of aromatic amines is 1. The molecule has 0 spiro atoms. The number of amides is 1. The number of carbonyl (C=O) groups is 1. The maximum atomic E-state index is 12.3. The summed E-state index contributed by atoms with van der Waals surface area (Å²) in [6, 6.07) is 7.51. The molecule has 2 N–H and O–H groups in total. The maximum absolute atomic E-state index is 12.3. The van der Waals surface area contributed by atoms with Crippen molar-refractivity contribution in [3.63, 3.8) is 0 Å². The number of carbonyl (C=O) groups excluding carboxylic acids is 1. The summed E-state index contributed by atoms with van der Waals surface area (Å²) in [6.07, 6.45) is 5.92. The molecule has 0 fully saturated rings. The molecule has 148 valence electrons. The lowest BCUT2D eigenvalue weighted by molar-refractivity contribution is -0.121. The number of hydrogen-bond acceptors (Lipinski definition) is 4. The number of nitrogens with one attached hydrogen (secondary N) is 2. The Labute approximate surface area is 166 Å². The van der Waals surface area contributed by atoms with Crippen LogP contribution in [0.5, 0.6) is 5.75 Å². The summed E-state index contributed by atoms with van der Waals surface area (Å²) in [5.41, 5.74) is 0.876. The van der Waals surface area contributed by atoms with E-state index in [0.29, 0.717) is 17.1 Å². The van der Waals surface area contributed by atoms with Crippen LogP contribution in [0.4, 0.5) is 0 Å². The van der Waals surface area contributed by atoms with Gasteiger partial charge in [-0.1, -0.05) is 39.5 Å².